The normalized spacial score (nSPS) is 12.0. The lowest BCUT2D eigenvalue weighted by molar-refractivity contribution is -0.137. The smallest absolute Gasteiger partial charge is 0.416 e. The number of methoxy groups -OCH3 is 2. The van der Waals surface area contributed by atoms with Crippen LogP contribution >= 0.6 is 0 Å². The molecule has 0 aliphatic carbocycles. The van der Waals surface area contributed by atoms with Gasteiger partial charge in [-0.05, 0) is 53.9 Å². The van der Waals surface area contributed by atoms with Gasteiger partial charge in [-0.2, -0.15) is 13.2 Å². The maximum Gasteiger partial charge on any atom is 0.416 e. The van der Waals surface area contributed by atoms with E-state index in [-0.39, 0.29) is 12.2 Å². The second-order valence-corrected chi connectivity index (χ2v) is 8.55. The molecule has 0 aliphatic heterocycles. The monoisotopic (exact) mass is 514 g/mol. The third-order valence-electron chi connectivity index (χ3n) is 5.91. The highest BCUT2D eigenvalue weighted by molar-refractivity contribution is 6.12. The van der Waals surface area contributed by atoms with E-state index in [0.717, 1.165) is 17.7 Å². The molecule has 6 nitrogen and oxygen atoms in total. The Morgan fingerprint density at radius 2 is 1.46 bits per heavy atom. The van der Waals surface area contributed by atoms with E-state index in [1.54, 1.807) is 56.6 Å². The second kappa shape index (κ2) is 11.8. The van der Waals surface area contributed by atoms with Gasteiger partial charge in [-0.1, -0.05) is 36.4 Å². The van der Waals surface area contributed by atoms with Crippen molar-refractivity contribution in [3.05, 3.63) is 89.5 Å². The Labute approximate surface area is 214 Å². The van der Waals surface area contributed by atoms with E-state index in [1.807, 2.05) is 6.07 Å². The Morgan fingerprint density at radius 3 is 2.00 bits per heavy atom. The molecule has 3 rings (SSSR count). The predicted molar refractivity (Wildman–Crippen MR) is 135 cm³/mol. The number of hydrogen-bond donors (Lipinski definition) is 0. The number of likely N-dealkylation sites (N-methyl/N-ethyl adjacent to an activating group) is 1. The maximum atomic E-state index is 13.9. The molecule has 196 valence electrons. The van der Waals surface area contributed by atoms with Crippen LogP contribution in [0.25, 0.3) is 0 Å². The van der Waals surface area contributed by atoms with Crippen LogP contribution in [-0.2, 0) is 22.2 Å². The minimum absolute atomic E-state index is 0.115. The molecule has 9 heteroatoms. The van der Waals surface area contributed by atoms with Crippen LogP contribution in [0.4, 0.5) is 18.9 Å². The van der Waals surface area contributed by atoms with Crippen molar-refractivity contribution >= 4 is 17.5 Å². The van der Waals surface area contributed by atoms with Gasteiger partial charge in [0.1, 0.15) is 5.92 Å². The molecule has 37 heavy (non-hydrogen) atoms. The van der Waals surface area contributed by atoms with Gasteiger partial charge in [0.2, 0.25) is 11.8 Å². The van der Waals surface area contributed by atoms with E-state index in [9.17, 15) is 22.8 Å². The molecule has 3 aromatic rings. The summed E-state index contributed by atoms with van der Waals surface area (Å²) >= 11 is 0. The van der Waals surface area contributed by atoms with Crippen LogP contribution in [0.3, 0.4) is 0 Å². The quantitative estimate of drug-likeness (QED) is 0.370. The second-order valence-electron chi connectivity index (χ2n) is 8.55. The van der Waals surface area contributed by atoms with E-state index < -0.39 is 29.5 Å². The van der Waals surface area contributed by atoms with Crippen LogP contribution in [0.5, 0.6) is 11.5 Å². The molecule has 0 aliphatic rings. The van der Waals surface area contributed by atoms with Crippen molar-refractivity contribution in [3.8, 4) is 11.5 Å². The van der Waals surface area contributed by atoms with Gasteiger partial charge in [-0.15, -0.1) is 0 Å². The summed E-state index contributed by atoms with van der Waals surface area (Å²) in [4.78, 5) is 29.7. The van der Waals surface area contributed by atoms with Crippen LogP contribution in [0.15, 0.2) is 72.8 Å². The van der Waals surface area contributed by atoms with Gasteiger partial charge in [0, 0.05) is 26.3 Å². The van der Waals surface area contributed by atoms with Crippen LogP contribution < -0.4 is 14.4 Å². The summed E-state index contributed by atoms with van der Waals surface area (Å²) in [6.45, 7) is 0.115. The number of amides is 2. The number of alkyl halides is 3. The van der Waals surface area contributed by atoms with E-state index in [2.05, 4.69) is 0 Å². The molecule has 3 aromatic carbocycles. The van der Waals surface area contributed by atoms with Gasteiger partial charge in [-0.25, -0.2) is 0 Å². The molecule has 1 atom stereocenters. The van der Waals surface area contributed by atoms with Crippen LogP contribution in [0, 0.1) is 0 Å². The van der Waals surface area contributed by atoms with Crippen molar-refractivity contribution in [2.45, 2.75) is 18.5 Å². The molecule has 0 saturated carbocycles. The van der Waals surface area contributed by atoms with E-state index in [4.69, 9.17) is 9.47 Å². The first-order valence-electron chi connectivity index (χ1n) is 11.5. The number of benzene rings is 3. The summed E-state index contributed by atoms with van der Waals surface area (Å²) in [7, 11) is 6.14. The third-order valence-corrected chi connectivity index (χ3v) is 5.91. The number of anilines is 1. The SMILES string of the molecule is COc1ccc(CCN(C(=O)C(C(=O)N(C)C)c2ccccc2)c2ccc(C(F)(F)F)cc2)cc1OC. The lowest BCUT2D eigenvalue weighted by atomic mass is 9.95. The van der Waals surface area contributed by atoms with Crippen molar-refractivity contribution in [2.24, 2.45) is 0 Å². The Hall–Kier alpha value is -4.01. The van der Waals surface area contributed by atoms with Crippen molar-refractivity contribution in [2.75, 3.05) is 39.8 Å². The number of rotatable bonds is 9. The number of ether oxygens (including phenoxy) is 2. The Morgan fingerprint density at radius 1 is 0.838 bits per heavy atom. The van der Waals surface area contributed by atoms with Gasteiger partial charge in [0.15, 0.2) is 11.5 Å². The molecular weight excluding hydrogens is 485 g/mol. The van der Waals surface area contributed by atoms with Crippen LogP contribution in [-0.4, -0.2) is 51.6 Å². The van der Waals surface area contributed by atoms with Crippen molar-refractivity contribution in [3.63, 3.8) is 0 Å². The van der Waals surface area contributed by atoms with Gasteiger partial charge in [-0.3, -0.25) is 9.59 Å². The Bertz CT molecular complexity index is 1210. The number of carbonyl (C=O) groups excluding carboxylic acids is 2. The topological polar surface area (TPSA) is 59.1 Å². The molecule has 0 bridgehead atoms. The first-order valence-corrected chi connectivity index (χ1v) is 11.5. The Kier molecular flexibility index (Phi) is 8.81. The molecule has 0 saturated heterocycles. The largest absolute Gasteiger partial charge is 0.493 e. The predicted octanol–water partition coefficient (Wildman–Crippen LogP) is 5.17. The number of hydrogen-bond acceptors (Lipinski definition) is 4. The fraction of sp³-hybridized carbons (Fsp3) is 0.286. The summed E-state index contributed by atoms with van der Waals surface area (Å²) in [5, 5.41) is 0. The zero-order chi connectivity index (χ0) is 27.2. The maximum absolute atomic E-state index is 13.9. The first kappa shape index (κ1) is 27.6. The van der Waals surface area contributed by atoms with Crippen molar-refractivity contribution in [1.29, 1.82) is 0 Å². The van der Waals surface area contributed by atoms with Gasteiger partial charge in [0.25, 0.3) is 0 Å². The lowest BCUT2D eigenvalue weighted by Crippen LogP contribution is -2.43. The number of carbonyl (C=O) groups is 2. The summed E-state index contributed by atoms with van der Waals surface area (Å²) in [6, 6.07) is 18.3. The zero-order valence-electron chi connectivity index (χ0n) is 21.1. The average molecular weight is 515 g/mol. The molecular formula is C28H29F3N2O4. The molecule has 0 spiro atoms. The highest BCUT2D eigenvalue weighted by Gasteiger charge is 2.35. The summed E-state index contributed by atoms with van der Waals surface area (Å²) in [5.74, 6) is -1.08. The molecule has 0 N–H and O–H groups in total. The Balaban J connectivity index is 2.01. The summed E-state index contributed by atoms with van der Waals surface area (Å²) in [5.41, 5.74) is 0.741. The van der Waals surface area contributed by atoms with Gasteiger partial charge >= 0.3 is 6.18 Å². The number of nitrogens with zero attached hydrogens (tertiary/aromatic N) is 2. The fourth-order valence-corrected chi connectivity index (χ4v) is 3.92. The van der Waals surface area contributed by atoms with Crippen LogP contribution in [0.2, 0.25) is 0 Å². The summed E-state index contributed by atoms with van der Waals surface area (Å²) < 4.78 is 50.1. The standard InChI is InChI=1S/C28H29F3N2O4/c1-32(2)26(34)25(20-8-6-5-7-9-20)27(35)33(22-13-11-21(12-14-22)28(29,30)31)17-16-19-10-15-23(36-3)24(18-19)37-4/h5-15,18,25H,16-17H2,1-4H3. The average Bonchev–Trinajstić information content (AvgIpc) is 2.89. The van der Waals surface area contributed by atoms with Crippen LogP contribution in [0.1, 0.15) is 22.6 Å². The molecule has 0 radical (unpaired) electrons. The molecule has 0 heterocycles. The van der Waals surface area contributed by atoms with Crippen molar-refractivity contribution < 1.29 is 32.2 Å². The van der Waals surface area contributed by atoms with E-state index in [0.29, 0.717) is 23.5 Å². The van der Waals surface area contributed by atoms with Gasteiger partial charge in [0.05, 0.1) is 19.8 Å². The highest BCUT2D eigenvalue weighted by atomic mass is 19.4. The highest BCUT2D eigenvalue weighted by Crippen LogP contribution is 2.32. The van der Waals surface area contributed by atoms with Gasteiger partial charge < -0.3 is 19.3 Å². The first-order chi connectivity index (χ1) is 17.6. The number of halogens is 3. The van der Waals surface area contributed by atoms with E-state index in [1.165, 1.54) is 36.2 Å². The van der Waals surface area contributed by atoms with E-state index >= 15 is 0 Å². The fourth-order valence-electron chi connectivity index (χ4n) is 3.92. The minimum Gasteiger partial charge on any atom is -0.493 e. The molecule has 1 unspecified atom stereocenters. The third kappa shape index (κ3) is 6.61. The minimum atomic E-state index is -4.51. The zero-order valence-corrected chi connectivity index (χ0v) is 21.1. The summed E-state index contributed by atoms with van der Waals surface area (Å²) in [6.07, 6.45) is -4.16. The molecule has 2 amide bonds. The van der Waals surface area contributed by atoms with Crippen molar-refractivity contribution in [1.82, 2.24) is 4.90 Å². The lowest BCUT2D eigenvalue weighted by Gasteiger charge is -2.29. The molecule has 0 fully saturated rings. The molecule has 0 aromatic heterocycles.